The molecule has 2 aromatic heterocycles. The molecule has 0 saturated carbocycles. The fraction of sp³-hybridized carbons (Fsp3) is 0.500. The van der Waals surface area contributed by atoms with E-state index in [9.17, 15) is 4.79 Å². The van der Waals surface area contributed by atoms with Crippen LogP contribution in [0.25, 0.3) is 0 Å². The van der Waals surface area contributed by atoms with Gasteiger partial charge in [0.2, 0.25) is 0 Å². The van der Waals surface area contributed by atoms with E-state index < -0.39 is 5.97 Å². The third-order valence-corrected chi connectivity index (χ3v) is 4.51. The minimum Gasteiger partial charge on any atom is -0.480 e. The summed E-state index contributed by atoms with van der Waals surface area (Å²) in [4.78, 5) is 17.8. The molecule has 3 heterocycles. The molecule has 1 N–H and O–H groups in total. The van der Waals surface area contributed by atoms with Crippen LogP contribution < -0.4 is 0 Å². The van der Waals surface area contributed by atoms with E-state index in [4.69, 9.17) is 5.11 Å². The van der Waals surface area contributed by atoms with Crippen molar-refractivity contribution >= 4 is 5.97 Å². The van der Waals surface area contributed by atoms with Crippen LogP contribution >= 0.6 is 0 Å². The minimum absolute atomic E-state index is 0.0739. The lowest BCUT2D eigenvalue weighted by Gasteiger charge is -2.31. The highest BCUT2D eigenvalue weighted by molar-refractivity contribution is 5.66. The number of carboxylic acid groups (broad SMARTS) is 1. The van der Waals surface area contributed by atoms with Gasteiger partial charge in [-0.2, -0.15) is 5.10 Å². The molecule has 1 aliphatic rings. The molecule has 0 amide bonds. The third-order valence-electron chi connectivity index (χ3n) is 4.51. The van der Waals surface area contributed by atoms with Crippen LogP contribution in [0.2, 0.25) is 0 Å². The Bertz CT molecular complexity index is 698. The summed E-state index contributed by atoms with van der Waals surface area (Å²) in [6, 6.07) is 8.13. The van der Waals surface area contributed by atoms with Crippen molar-refractivity contribution in [3.05, 3.63) is 47.5 Å². The Morgan fingerprint density at radius 2 is 2.25 bits per heavy atom. The van der Waals surface area contributed by atoms with Gasteiger partial charge in [-0.1, -0.05) is 6.07 Å². The van der Waals surface area contributed by atoms with Gasteiger partial charge < -0.3 is 10.0 Å². The summed E-state index contributed by atoms with van der Waals surface area (Å²) < 4.78 is 1.51. The first-order valence-electron chi connectivity index (χ1n) is 8.50. The zero-order chi connectivity index (χ0) is 16.9. The zero-order valence-corrected chi connectivity index (χ0v) is 14.1. The Labute approximate surface area is 142 Å². The first-order chi connectivity index (χ1) is 11.6. The molecule has 3 rings (SSSR count). The second kappa shape index (κ2) is 7.57. The number of aryl methyl sites for hydroxylation is 1. The Hall–Kier alpha value is -2.21. The van der Waals surface area contributed by atoms with E-state index >= 15 is 0 Å². The first kappa shape index (κ1) is 16.6. The Morgan fingerprint density at radius 1 is 1.38 bits per heavy atom. The summed E-state index contributed by atoms with van der Waals surface area (Å²) in [7, 11) is 0. The van der Waals surface area contributed by atoms with Gasteiger partial charge in [0.05, 0.1) is 5.69 Å². The van der Waals surface area contributed by atoms with Gasteiger partial charge in [0.15, 0.2) is 0 Å². The van der Waals surface area contributed by atoms with E-state index in [0.29, 0.717) is 5.92 Å². The van der Waals surface area contributed by atoms with Gasteiger partial charge in [-0.05, 0) is 44.5 Å². The summed E-state index contributed by atoms with van der Waals surface area (Å²) in [6.45, 7) is 5.04. The van der Waals surface area contributed by atoms with Crippen LogP contribution in [0.15, 0.2) is 30.5 Å². The van der Waals surface area contributed by atoms with E-state index in [1.54, 1.807) is 6.20 Å². The molecule has 0 aliphatic carbocycles. The SMILES string of the molecule is Cc1cccc(CCN2CCC[C@@H](c3ccn(CC(=O)O)n3)C2)n1. The lowest BCUT2D eigenvalue weighted by atomic mass is 9.95. The van der Waals surface area contributed by atoms with Gasteiger partial charge in [0, 0.05) is 43.0 Å². The predicted molar refractivity (Wildman–Crippen MR) is 91.0 cm³/mol. The highest BCUT2D eigenvalue weighted by Crippen LogP contribution is 2.25. The van der Waals surface area contributed by atoms with Gasteiger partial charge in [-0.3, -0.25) is 14.5 Å². The second-order valence-electron chi connectivity index (χ2n) is 6.49. The smallest absolute Gasteiger partial charge is 0.325 e. The number of piperidine rings is 1. The molecule has 128 valence electrons. The van der Waals surface area contributed by atoms with Crippen LogP contribution in [0.1, 0.15) is 35.8 Å². The molecule has 0 unspecified atom stereocenters. The molecular weight excluding hydrogens is 304 g/mol. The average molecular weight is 328 g/mol. The van der Waals surface area contributed by atoms with Gasteiger partial charge in [-0.15, -0.1) is 0 Å². The molecule has 6 nitrogen and oxygen atoms in total. The summed E-state index contributed by atoms with van der Waals surface area (Å²) in [5, 5.41) is 13.3. The van der Waals surface area contributed by atoms with Gasteiger partial charge in [0.25, 0.3) is 0 Å². The third kappa shape index (κ3) is 4.41. The van der Waals surface area contributed by atoms with Crippen molar-refractivity contribution in [2.24, 2.45) is 0 Å². The first-order valence-corrected chi connectivity index (χ1v) is 8.50. The van der Waals surface area contributed by atoms with Crippen LogP contribution in [-0.2, 0) is 17.8 Å². The molecule has 0 radical (unpaired) electrons. The number of pyridine rings is 1. The van der Waals surface area contributed by atoms with E-state index in [-0.39, 0.29) is 6.54 Å². The quantitative estimate of drug-likeness (QED) is 0.879. The number of nitrogens with zero attached hydrogens (tertiary/aromatic N) is 4. The molecule has 1 fully saturated rings. The number of carbonyl (C=O) groups is 1. The maximum atomic E-state index is 10.8. The second-order valence-corrected chi connectivity index (χ2v) is 6.49. The van der Waals surface area contributed by atoms with Crippen LogP contribution in [0.3, 0.4) is 0 Å². The van der Waals surface area contributed by atoms with Crippen molar-refractivity contribution in [3.8, 4) is 0 Å². The fourth-order valence-electron chi connectivity index (χ4n) is 3.33. The number of rotatable bonds is 6. The summed E-state index contributed by atoms with van der Waals surface area (Å²) in [6.07, 6.45) is 4.99. The van der Waals surface area contributed by atoms with Crippen LogP contribution in [0, 0.1) is 6.92 Å². The molecule has 1 saturated heterocycles. The van der Waals surface area contributed by atoms with Crippen LogP contribution in [0.5, 0.6) is 0 Å². The maximum absolute atomic E-state index is 10.8. The lowest BCUT2D eigenvalue weighted by Crippen LogP contribution is -2.36. The van der Waals surface area contributed by atoms with Gasteiger partial charge in [-0.25, -0.2) is 0 Å². The molecule has 2 aromatic rings. The standard InChI is InChI=1S/C18H24N4O2/c1-14-4-2-6-16(19-14)7-10-21-9-3-5-15(12-21)17-8-11-22(20-17)13-18(23)24/h2,4,6,8,11,15H,3,5,7,9-10,12-13H2,1H3,(H,23,24)/t15-/m1/s1. The number of aliphatic carboxylic acids is 1. The summed E-state index contributed by atoms with van der Waals surface area (Å²) >= 11 is 0. The highest BCUT2D eigenvalue weighted by atomic mass is 16.4. The van der Waals surface area contributed by atoms with Crippen molar-refractivity contribution in [3.63, 3.8) is 0 Å². The lowest BCUT2D eigenvalue weighted by molar-refractivity contribution is -0.137. The number of hydrogen-bond acceptors (Lipinski definition) is 4. The number of hydrogen-bond donors (Lipinski definition) is 1. The Balaban J connectivity index is 1.56. The van der Waals surface area contributed by atoms with E-state index in [1.165, 1.54) is 4.68 Å². The molecule has 24 heavy (non-hydrogen) atoms. The highest BCUT2D eigenvalue weighted by Gasteiger charge is 2.23. The number of carboxylic acids is 1. The molecule has 1 aliphatic heterocycles. The van der Waals surface area contributed by atoms with Crippen molar-refractivity contribution in [2.45, 2.75) is 38.6 Å². The molecule has 6 heteroatoms. The summed E-state index contributed by atoms with van der Waals surface area (Å²) in [5.74, 6) is -0.472. The fourth-order valence-corrected chi connectivity index (χ4v) is 3.33. The number of likely N-dealkylation sites (tertiary alicyclic amines) is 1. The molecular formula is C18H24N4O2. The Kier molecular flexibility index (Phi) is 5.25. The van der Waals surface area contributed by atoms with Crippen molar-refractivity contribution in [1.82, 2.24) is 19.7 Å². The predicted octanol–water partition coefficient (Wildman–Crippen LogP) is 2.09. The van der Waals surface area contributed by atoms with Crippen molar-refractivity contribution < 1.29 is 9.90 Å². The van der Waals surface area contributed by atoms with Gasteiger partial charge in [0.1, 0.15) is 6.54 Å². The number of aromatic nitrogens is 3. The van der Waals surface area contributed by atoms with E-state index in [2.05, 4.69) is 27.1 Å². The molecule has 0 bridgehead atoms. The van der Waals surface area contributed by atoms with Crippen molar-refractivity contribution in [2.75, 3.05) is 19.6 Å². The zero-order valence-electron chi connectivity index (χ0n) is 14.1. The van der Waals surface area contributed by atoms with Crippen molar-refractivity contribution in [1.29, 1.82) is 0 Å². The average Bonchev–Trinajstić information content (AvgIpc) is 3.01. The molecule has 0 spiro atoms. The minimum atomic E-state index is -0.861. The monoisotopic (exact) mass is 328 g/mol. The van der Waals surface area contributed by atoms with E-state index in [0.717, 1.165) is 56.0 Å². The summed E-state index contributed by atoms with van der Waals surface area (Å²) in [5.41, 5.74) is 3.21. The molecule has 1 atom stereocenters. The molecule has 0 aromatic carbocycles. The van der Waals surface area contributed by atoms with Crippen LogP contribution in [0.4, 0.5) is 0 Å². The van der Waals surface area contributed by atoms with Gasteiger partial charge >= 0.3 is 5.97 Å². The normalized spacial score (nSPS) is 18.6. The topological polar surface area (TPSA) is 71.2 Å². The van der Waals surface area contributed by atoms with Crippen LogP contribution in [-0.4, -0.2) is 50.4 Å². The Morgan fingerprint density at radius 3 is 3.04 bits per heavy atom. The van der Waals surface area contributed by atoms with E-state index in [1.807, 2.05) is 19.1 Å². The maximum Gasteiger partial charge on any atom is 0.325 e. The largest absolute Gasteiger partial charge is 0.480 e.